The lowest BCUT2D eigenvalue weighted by atomic mass is 10.1. The summed E-state index contributed by atoms with van der Waals surface area (Å²) in [6.45, 7) is 3.83. The Hall–Kier alpha value is -0.860. The Morgan fingerprint density at radius 2 is 1.93 bits per heavy atom. The van der Waals surface area contributed by atoms with Crippen LogP contribution in [-0.4, -0.2) is 24.7 Å². The molecule has 1 saturated heterocycles. The first kappa shape index (κ1) is 12.2. The van der Waals surface area contributed by atoms with E-state index in [1.54, 1.807) is 0 Å². The summed E-state index contributed by atoms with van der Waals surface area (Å²) in [5, 5.41) is 2.77. The largest absolute Gasteiger partial charge is 0.351 e. The van der Waals surface area contributed by atoms with E-state index >= 15 is 0 Å². The standard InChI is InChI=1S/C12H22N2O/c1-2-3-4-5-6-7-9-13-11-8-10-14-12(11)15/h2-10H2,1H3,(H,14,15). The van der Waals surface area contributed by atoms with E-state index in [-0.39, 0.29) is 5.91 Å². The Morgan fingerprint density at radius 1 is 1.20 bits per heavy atom. The van der Waals surface area contributed by atoms with Crippen molar-refractivity contribution in [2.75, 3.05) is 13.1 Å². The molecule has 0 bridgehead atoms. The summed E-state index contributed by atoms with van der Waals surface area (Å²) in [4.78, 5) is 15.5. The van der Waals surface area contributed by atoms with Gasteiger partial charge in [0.15, 0.2) is 0 Å². The van der Waals surface area contributed by atoms with E-state index < -0.39 is 0 Å². The highest BCUT2D eigenvalue weighted by molar-refractivity contribution is 6.40. The summed E-state index contributed by atoms with van der Waals surface area (Å²) in [5.74, 6) is 0.0426. The predicted molar refractivity (Wildman–Crippen MR) is 63.3 cm³/mol. The number of unbranched alkanes of at least 4 members (excludes halogenated alkanes) is 5. The van der Waals surface area contributed by atoms with E-state index in [0.717, 1.165) is 31.6 Å². The highest BCUT2D eigenvalue weighted by Crippen LogP contribution is 2.05. The second-order valence-electron chi connectivity index (χ2n) is 4.10. The number of hydrogen-bond donors (Lipinski definition) is 1. The van der Waals surface area contributed by atoms with Gasteiger partial charge in [-0.05, 0) is 6.42 Å². The molecule has 0 aromatic heterocycles. The normalized spacial score (nSPS) is 18.5. The molecule has 0 spiro atoms. The van der Waals surface area contributed by atoms with Crippen molar-refractivity contribution < 1.29 is 4.79 Å². The lowest BCUT2D eigenvalue weighted by Gasteiger charge is -1.98. The number of nitrogens with one attached hydrogen (secondary N) is 1. The molecule has 1 N–H and O–H groups in total. The Kier molecular flexibility index (Phi) is 6.05. The zero-order valence-electron chi connectivity index (χ0n) is 9.72. The number of amides is 1. The van der Waals surface area contributed by atoms with E-state index in [2.05, 4.69) is 17.2 Å². The van der Waals surface area contributed by atoms with Crippen LogP contribution in [0.2, 0.25) is 0 Å². The van der Waals surface area contributed by atoms with E-state index in [4.69, 9.17) is 0 Å². The van der Waals surface area contributed by atoms with E-state index in [0.29, 0.717) is 0 Å². The predicted octanol–water partition coefficient (Wildman–Crippen LogP) is 2.31. The van der Waals surface area contributed by atoms with Gasteiger partial charge in [0.05, 0.1) is 0 Å². The first-order chi connectivity index (χ1) is 7.34. The summed E-state index contributed by atoms with van der Waals surface area (Å²) >= 11 is 0. The van der Waals surface area contributed by atoms with Crippen LogP contribution in [0.15, 0.2) is 4.99 Å². The highest BCUT2D eigenvalue weighted by Gasteiger charge is 2.16. The number of nitrogens with zero attached hydrogens (tertiary/aromatic N) is 1. The van der Waals surface area contributed by atoms with Crippen LogP contribution < -0.4 is 5.32 Å². The fourth-order valence-corrected chi connectivity index (χ4v) is 1.77. The van der Waals surface area contributed by atoms with Crippen molar-refractivity contribution >= 4 is 11.6 Å². The molecule has 0 atom stereocenters. The maximum Gasteiger partial charge on any atom is 0.265 e. The minimum Gasteiger partial charge on any atom is -0.351 e. The maximum atomic E-state index is 11.1. The van der Waals surface area contributed by atoms with Crippen LogP contribution in [0.3, 0.4) is 0 Å². The van der Waals surface area contributed by atoms with Crippen molar-refractivity contribution in [1.29, 1.82) is 0 Å². The molecule has 0 aliphatic carbocycles. The Morgan fingerprint density at radius 3 is 2.60 bits per heavy atom. The van der Waals surface area contributed by atoms with E-state index in [1.165, 1.54) is 32.1 Å². The molecule has 1 heterocycles. The molecular formula is C12H22N2O. The van der Waals surface area contributed by atoms with E-state index in [9.17, 15) is 4.79 Å². The van der Waals surface area contributed by atoms with Crippen molar-refractivity contribution in [2.24, 2.45) is 4.99 Å². The zero-order valence-corrected chi connectivity index (χ0v) is 9.72. The van der Waals surface area contributed by atoms with Crippen LogP contribution in [0.25, 0.3) is 0 Å². The molecule has 15 heavy (non-hydrogen) atoms. The van der Waals surface area contributed by atoms with Gasteiger partial charge in [-0.3, -0.25) is 9.79 Å². The molecule has 0 aromatic rings. The van der Waals surface area contributed by atoms with Crippen molar-refractivity contribution in [3.05, 3.63) is 0 Å². The topological polar surface area (TPSA) is 41.5 Å². The molecule has 0 saturated carbocycles. The van der Waals surface area contributed by atoms with Crippen molar-refractivity contribution in [3.63, 3.8) is 0 Å². The summed E-state index contributed by atoms with van der Waals surface area (Å²) in [6, 6.07) is 0. The molecule has 3 nitrogen and oxygen atoms in total. The molecule has 0 radical (unpaired) electrons. The second kappa shape index (κ2) is 7.43. The number of carbonyl (C=O) groups is 1. The minimum atomic E-state index is 0.0426. The molecule has 0 aromatic carbocycles. The molecule has 3 heteroatoms. The monoisotopic (exact) mass is 210 g/mol. The zero-order chi connectivity index (χ0) is 10.9. The van der Waals surface area contributed by atoms with Gasteiger partial charge < -0.3 is 5.32 Å². The fraction of sp³-hybridized carbons (Fsp3) is 0.833. The van der Waals surface area contributed by atoms with Gasteiger partial charge in [0.2, 0.25) is 0 Å². The number of rotatable bonds is 7. The number of carbonyl (C=O) groups excluding carboxylic acids is 1. The van der Waals surface area contributed by atoms with Crippen LogP contribution >= 0.6 is 0 Å². The van der Waals surface area contributed by atoms with Gasteiger partial charge >= 0.3 is 0 Å². The van der Waals surface area contributed by atoms with Gasteiger partial charge in [-0.1, -0.05) is 39.0 Å². The number of hydrogen-bond acceptors (Lipinski definition) is 2. The van der Waals surface area contributed by atoms with Crippen molar-refractivity contribution in [1.82, 2.24) is 5.32 Å². The number of aliphatic imine (C=N–C) groups is 1. The first-order valence-corrected chi connectivity index (χ1v) is 6.16. The summed E-state index contributed by atoms with van der Waals surface area (Å²) < 4.78 is 0. The maximum absolute atomic E-state index is 11.1. The Bertz CT molecular complexity index is 224. The smallest absolute Gasteiger partial charge is 0.265 e. The molecule has 0 unspecified atom stereocenters. The van der Waals surface area contributed by atoms with Crippen LogP contribution in [0.5, 0.6) is 0 Å². The van der Waals surface area contributed by atoms with E-state index in [1.807, 2.05) is 0 Å². The highest BCUT2D eigenvalue weighted by atomic mass is 16.2. The molecule has 1 aliphatic rings. The van der Waals surface area contributed by atoms with Crippen LogP contribution in [0, 0.1) is 0 Å². The molecule has 86 valence electrons. The third-order valence-corrected chi connectivity index (χ3v) is 2.72. The fourth-order valence-electron chi connectivity index (χ4n) is 1.77. The SMILES string of the molecule is CCCCCCCCN=C1CCNC1=O. The minimum absolute atomic E-state index is 0.0426. The lowest BCUT2D eigenvalue weighted by molar-refractivity contribution is -0.113. The lowest BCUT2D eigenvalue weighted by Crippen LogP contribution is -2.19. The third-order valence-electron chi connectivity index (χ3n) is 2.72. The first-order valence-electron chi connectivity index (χ1n) is 6.16. The van der Waals surface area contributed by atoms with Gasteiger partial charge in [-0.15, -0.1) is 0 Å². The molecule has 1 fully saturated rings. The van der Waals surface area contributed by atoms with Crippen molar-refractivity contribution in [3.8, 4) is 0 Å². The summed E-state index contributed by atoms with van der Waals surface area (Å²) in [7, 11) is 0. The molecular weight excluding hydrogens is 188 g/mol. The average Bonchev–Trinajstić information content (AvgIpc) is 2.63. The van der Waals surface area contributed by atoms with Gasteiger partial charge in [0.25, 0.3) is 5.91 Å². The van der Waals surface area contributed by atoms with Crippen molar-refractivity contribution in [2.45, 2.75) is 51.9 Å². The molecule has 1 aliphatic heterocycles. The summed E-state index contributed by atoms with van der Waals surface area (Å²) in [5.41, 5.74) is 0.753. The van der Waals surface area contributed by atoms with Crippen LogP contribution in [0.4, 0.5) is 0 Å². The summed E-state index contributed by atoms with van der Waals surface area (Å²) in [6.07, 6.45) is 8.48. The Labute approximate surface area is 92.4 Å². The third kappa shape index (κ3) is 4.96. The molecule has 1 rings (SSSR count). The molecule has 1 amide bonds. The Balaban J connectivity index is 1.98. The van der Waals surface area contributed by atoms with Crippen LogP contribution in [-0.2, 0) is 4.79 Å². The van der Waals surface area contributed by atoms with Crippen LogP contribution in [0.1, 0.15) is 51.9 Å². The average molecular weight is 210 g/mol. The van der Waals surface area contributed by atoms with Gasteiger partial charge in [-0.2, -0.15) is 0 Å². The quantitative estimate of drug-likeness (QED) is 0.644. The van der Waals surface area contributed by atoms with Gasteiger partial charge in [-0.25, -0.2) is 0 Å². The second-order valence-corrected chi connectivity index (χ2v) is 4.10. The van der Waals surface area contributed by atoms with Gasteiger partial charge in [0, 0.05) is 19.5 Å². The van der Waals surface area contributed by atoms with Gasteiger partial charge in [0.1, 0.15) is 5.71 Å².